The lowest BCUT2D eigenvalue weighted by Crippen LogP contribution is -2.48. The molecule has 1 aromatic carbocycles. The normalized spacial score (nSPS) is 19.7. The molecule has 0 saturated heterocycles. The van der Waals surface area contributed by atoms with Gasteiger partial charge in [-0.25, -0.2) is 13.3 Å². The largest absolute Gasteiger partial charge is 0.466 e. The van der Waals surface area contributed by atoms with Crippen molar-refractivity contribution in [2.45, 2.75) is 44.4 Å². The van der Waals surface area contributed by atoms with Gasteiger partial charge in [0.1, 0.15) is 11.0 Å². The van der Waals surface area contributed by atoms with E-state index in [9.17, 15) is 9.00 Å². The molecule has 5 nitrogen and oxygen atoms in total. The number of carbonyl (C=O) groups excluding carboxylic acids is 1. The Bertz CT molecular complexity index is 914. The van der Waals surface area contributed by atoms with Crippen molar-refractivity contribution >= 4 is 39.5 Å². The average molecular weight is 409 g/mol. The molecular formula is C20H25ClN2O3S. The van der Waals surface area contributed by atoms with Crippen molar-refractivity contribution < 1.29 is 13.7 Å². The van der Waals surface area contributed by atoms with Crippen molar-refractivity contribution in [3.63, 3.8) is 0 Å². The zero-order valence-corrected chi connectivity index (χ0v) is 17.6. The first-order valence-electron chi connectivity index (χ1n) is 8.93. The van der Waals surface area contributed by atoms with Crippen LogP contribution < -0.4 is 0 Å². The first-order chi connectivity index (χ1) is 12.7. The summed E-state index contributed by atoms with van der Waals surface area (Å²) in [6.07, 6.45) is 5.19. The third-order valence-corrected chi connectivity index (χ3v) is 6.96. The molecule has 0 saturated carbocycles. The van der Waals surface area contributed by atoms with Gasteiger partial charge in [0.15, 0.2) is 0 Å². The van der Waals surface area contributed by atoms with Crippen LogP contribution in [-0.2, 0) is 26.9 Å². The molecule has 0 spiro atoms. The monoisotopic (exact) mass is 408 g/mol. The van der Waals surface area contributed by atoms with E-state index < -0.39 is 15.7 Å². The van der Waals surface area contributed by atoms with Crippen LogP contribution in [0.2, 0.25) is 5.02 Å². The molecule has 0 radical (unpaired) electrons. The lowest BCUT2D eigenvalue weighted by Gasteiger charge is -2.37. The van der Waals surface area contributed by atoms with Gasteiger partial charge in [0.05, 0.1) is 16.9 Å². The van der Waals surface area contributed by atoms with Crippen molar-refractivity contribution in [2.24, 2.45) is 0 Å². The van der Waals surface area contributed by atoms with E-state index in [-0.39, 0.29) is 12.0 Å². The highest BCUT2D eigenvalue weighted by Crippen LogP contribution is 2.31. The maximum atomic E-state index is 13.2. The summed E-state index contributed by atoms with van der Waals surface area (Å²) in [6.45, 7) is 6.15. The Morgan fingerprint density at radius 1 is 1.41 bits per heavy atom. The number of fused-ring (bicyclic) bond motifs is 1. The van der Waals surface area contributed by atoms with Gasteiger partial charge < -0.3 is 9.72 Å². The van der Waals surface area contributed by atoms with E-state index in [4.69, 9.17) is 16.3 Å². The summed E-state index contributed by atoms with van der Waals surface area (Å²) in [4.78, 5) is 15.2. The van der Waals surface area contributed by atoms with Crippen molar-refractivity contribution in [3.05, 3.63) is 46.6 Å². The van der Waals surface area contributed by atoms with Crippen LogP contribution in [0.1, 0.15) is 32.8 Å². The second-order valence-corrected chi connectivity index (χ2v) is 10.3. The van der Waals surface area contributed by atoms with Crippen molar-refractivity contribution in [2.75, 3.05) is 13.7 Å². The Morgan fingerprint density at radius 2 is 2.15 bits per heavy atom. The number of benzene rings is 1. The van der Waals surface area contributed by atoms with Crippen molar-refractivity contribution in [1.29, 1.82) is 0 Å². The fraction of sp³-hybridized carbons (Fsp3) is 0.450. The van der Waals surface area contributed by atoms with Crippen LogP contribution in [0.3, 0.4) is 0 Å². The van der Waals surface area contributed by atoms with Gasteiger partial charge in [-0.3, -0.25) is 0 Å². The lowest BCUT2D eigenvalue weighted by molar-refractivity contribution is -0.136. The number of ether oxygens (including phenoxy) is 1. The second-order valence-electron chi connectivity index (χ2n) is 7.73. The Morgan fingerprint density at radius 3 is 2.81 bits per heavy atom. The predicted octanol–water partition coefficient (Wildman–Crippen LogP) is 4.00. The summed E-state index contributed by atoms with van der Waals surface area (Å²) >= 11 is 6.41. The number of hydrogen-bond donors (Lipinski definition) is 1. The third-order valence-electron chi connectivity index (χ3n) is 4.75. The van der Waals surface area contributed by atoms with E-state index in [1.807, 2.05) is 55.5 Å². The Balaban J connectivity index is 1.94. The Hall–Kier alpha value is -1.63. The van der Waals surface area contributed by atoms with Gasteiger partial charge in [-0.05, 0) is 51.3 Å². The van der Waals surface area contributed by atoms with E-state index in [2.05, 4.69) is 4.98 Å². The number of halogens is 1. The van der Waals surface area contributed by atoms with E-state index >= 15 is 0 Å². The van der Waals surface area contributed by atoms with E-state index in [1.54, 1.807) is 0 Å². The molecule has 1 aliphatic heterocycles. The van der Waals surface area contributed by atoms with Crippen LogP contribution in [0.4, 0.5) is 0 Å². The molecular weight excluding hydrogens is 384 g/mol. The highest BCUT2D eigenvalue weighted by atomic mass is 35.5. The Labute approximate surface area is 167 Å². The van der Waals surface area contributed by atoms with Crippen LogP contribution >= 0.6 is 11.6 Å². The van der Waals surface area contributed by atoms with Crippen molar-refractivity contribution in [3.8, 4) is 0 Å². The predicted molar refractivity (Wildman–Crippen MR) is 110 cm³/mol. The maximum absolute atomic E-state index is 13.2. The zero-order chi connectivity index (χ0) is 19.8. The summed E-state index contributed by atoms with van der Waals surface area (Å²) in [5.74, 6) is -0.362. The highest BCUT2D eigenvalue weighted by Gasteiger charge is 2.35. The SMILES string of the molecule is COC(=O)C1=CC[C@@H](Cc2c[nH]c3cccc(Cl)c23)N([S@](=O)C(C)(C)C)C1. The molecule has 2 heterocycles. The fourth-order valence-electron chi connectivity index (χ4n) is 3.39. The standard InChI is InChI=1S/C20H25ClN2O3S/c1-20(2,3)27(25)23-12-13(19(24)26-4)8-9-15(23)10-14-11-22-17-7-5-6-16(21)18(14)17/h5-8,11,15,22H,9-10,12H2,1-4H3/t15-,27+/m0/s1. The van der Waals surface area contributed by atoms with Crippen LogP contribution in [0.25, 0.3) is 10.9 Å². The first-order valence-corrected chi connectivity index (χ1v) is 10.4. The molecule has 1 aliphatic rings. The minimum absolute atomic E-state index is 0.00809. The molecule has 1 aromatic heterocycles. The molecule has 146 valence electrons. The molecule has 2 aromatic rings. The molecule has 1 N–H and O–H groups in total. The number of esters is 1. The molecule has 2 atom stereocenters. The van der Waals surface area contributed by atoms with Gasteiger partial charge in [-0.15, -0.1) is 0 Å². The van der Waals surface area contributed by atoms with E-state index in [0.29, 0.717) is 30.0 Å². The number of methoxy groups -OCH3 is 1. The van der Waals surface area contributed by atoms with Crippen molar-refractivity contribution in [1.82, 2.24) is 9.29 Å². The zero-order valence-electron chi connectivity index (χ0n) is 16.0. The average Bonchev–Trinajstić information content (AvgIpc) is 3.04. The second kappa shape index (κ2) is 7.78. The maximum Gasteiger partial charge on any atom is 0.334 e. The summed E-state index contributed by atoms with van der Waals surface area (Å²) in [5.41, 5.74) is 2.64. The number of carbonyl (C=O) groups is 1. The van der Waals surface area contributed by atoms with Gasteiger partial charge in [0.2, 0.25) is 0 Å². The number of nitrogens with one attached hydrogen (secondary N) is 1. The molecule has 27 heavy (non-hydrogen) atoms. The quantitative estimate of drug-likeness (QED) is 0.777. The van der Waals surface area contributed by atoms with Crippen LogP contribution in [0.15, 0.2) is 36.0 Å². The molecule has 0 aliphatic carbocycles. The summed E-state index contributed by atoms with van der Waals surface area (Å²) in [5, 5.41) is 1.71. The number of hydrogen-bond acceptors (Lipinski definition) is 3. The highest BCUT2D eigenvalue weighted by molar-refractivity contribution is 7.84. The Kier molecular flexibility index (Phi) is 5.79. The molecule has 0 unspecified atom stereocenters. The number of rotatable bonds is 4. The molecule has 3 rings (SSSR count). The lowest BCUT2D eigenvalue weighted by atomic mass is 9.98. The van der Waals surface area contributed by atoms with E-state index in [1.165, 1.54) is 7.11 Å². The number of aromatic amines is 1. The van der Waals surface area contributed by atoms with Gasteiger partial charge in [-0.1, -0.05) is 23.7 Å². The number of H-pyrrole nitrogens is 1. The van der Waals surface area contributed by atoms with Crippen LogP contribution in [0, 0.1) is 0 Å². The summed E-state index contributed by atoms with van der Waals surface area (Å²) in [7, 11) is 0.117. The van der Waals surface area contributed by atoms with Gasteiger partial charge >= 0.3 is 5.97 Å². The topological polar surface area (TPSA) is 62.4 Å². The third kappa shape index (κ3) is 4.13. The summed E-state index contributed by atoms with van der Waals surface area (Å²) in [6, 6.07) is 5.79. The van der Waals surface area contributed by atoms with Crippen LogP contribution in [0.5, 0.6) is 0 Å². The fourth-order valence-corrected chi connectivity index (χ4v) is 5.08. The molecule has 0 bridgehead atoms. The van der Waals surface area contributed by atoms with E-state index in [0.717, 1.165) is 16.5 Å². The molecule has 7 heteroatoms. The van der Waals surface area contributed by atoms with Gasteiger partial charge in [0.25, 0.3) is 0 Å². The minimum Gasteiger partial charge on any atom is -0.466 e. The molecule has 0 fully saturated rings. The van der Waals surface area contributed by atoms with Gasteiger partial charge in [0, 0.05) is 35.3 Å². The first kappa shape index (κ1) is 20.1. The summed E-state index contributed by atoms with van der Waals surface area (Å²) < 4.78 is 19.5. The number of nitrogens with zero attached hydrogens (tertiary/aromatic N) is 1. The molecule has 0 amide bonds. The smallest absolute Gasteiger partial charge is 0.334 e. The van der Waals surface area contributed by atoms with Gasteiger partial charge in [-0.2, -0.15) is 0 Å². The van der Waals surface area contributed by atoms with Crippen LogP contribution in [-0.4, -0.2) is 43.9 Å². The number of aromatic nitrogens is 1. The minimum atomic E-state index is -1.25.